The van der Waals surface area contributed by atoms with Crippen molar-refractivity contribution in [2.24, 2.45) is 0 Å². The van der Waals surface area contributed by atoms with Gasteiger partial charge in [0.2, 0.25) is 0 Å². The van der Waals surface area contributed by atoms with E-state index in [1.165, 1.54) is 0 Å². The molecule has 1 unspecified atom stereocenters. The van der Waals surface area contributed by atoms with Crippen LogP contribution >= 0.6 is 22.9 Å². The Morgan fingerprint density at radius 2 is 2.04 bits per heavy atom. The van der Waals surface area contributed by atoms with E-state index >= 15 is 0 Å². The van der Waals surface area contributed by atoms with Gasteiger partial charge in [0.05, 0.1) is 23.8 Å². The van der Waals surface area contributed by atoms with E-state index in [1.807, 2.05) is 67.2 Å². The van der Waals surface area contributed by atoms with Gasteiger partial charge >= 0.3 is 0 Å². The fourth-order valence-corrected chi connectivity index (χ4v) is 3.77. The molecule has 1 atom stereocenters. The lowest BCUT2D eigenvalue weighted by molar-refractivity contribution is 0.0939. The number of aryl methyl sites for hydroxylation is 1. The predicted octanol–water partition coefficient (Wildman–Crippen LogP) is 4.75. The van der Waals surface area contributed by atoms with Gasteiger partial charge in [0.15, 0.2) is 0 Å². The third kappa shape index (κ3) is 3.78. The van der Waals surface area contributed by atoms with Gasteiger partial charge < -0.3 is 5.32 Å². The zero-order chi connectivity index (χ0) is 18.0. The van der Waals surface area contributed by atoms with Crippen molar-refractivity contribution in [1.29, 1.82) is 0 Å². The molecule has 130 valence electrons. The number of hydrogen-bond acceptors (Lipinski definition) is 3. The molecule has 0 bridgehead atoms. The molecule has 1 amide bonds. The maximum atomic E-state index is 12.7. The van der Waals surface area contributed by atoms with Crippen LogP contribution in [0.2, 0.25) is 5.02 Å². The SMILES string of the molecule is Cc1nn(Cc2ccccc2Cl)c(C)c1C(=O)NC(C)c1cccs1. The van der Waals surface area contributed by atoms with Gasteiger partial charge in [-0.15, -0.1) is 11.3 Å². The Morgan fingerprint density at radius 3 is 2.72 bits per heavy atom. The van der Waals surface area contributed by atoms with E-state index in [4.69, 9.17) is 11.6 Å². The molecule has 2 aromatic heterocycles. The van der Waals surface area contributed by atoms with E-state index in [2.05, 4.69) is 10.4 Å². The number of benzene rings is 1. The van der Waals surface area contributed by atoms with Crippen LogP contribution in [0.5, 0.6) is 0 Å². The molecular weight excluding hydrogens is 354 g/mol. The predicted molar refractivity (Wildman–Crippen MR) is 102 cm³/mol. The van der Waals surface area contributed by atoms with Crippen LogP contribution in [0.3, 0.4) is 0 Å². The average molecular weight is 374 g/mol. The van der Waals surface area contributed by atoms with Gasteiger partial charge in [-0.3, -0.25) is 9.48 Å². The van der Waals surface area contributed by atoms with Crippen molar-refractivity contribution in [3.05, 3.63) is 74.2 Å². The first-order chi connectivity index (χ1) is 12.0. The summed E-state index contributed by atoms with van der Waals surface area (Å²) < 4.78 is 1.83. The van der Waals surface area contributed by atoms with Gasteiger partial charge in [-0.1, -0.05) is 35.9 Å². The van der Waals surface area contributed by atoms with Crippen molar-refractivity contribution in [3.63, 3.8) is 0 Å². The minimum absolute atomic E-state index is 0.0294. The Balaban J connectivity index is 1.82. The normalized spacial score (nSPS) is 12.2. The molecule has 2 heterocycles. The van der Waals surface area contributed by atoms with Crippen molar-refractivity contribution < 1.29 is 4.79 Å². The van der Waals surface area contributed by atoms with Crippen molar-refractivity contribution in [2.75, 3.05) is 0 Å². The Bertz CT molecular complexity index is 886. The summed E-state index contributed by atoms with van der Waals surface area (Å²) in [6, 6.07) is 11.7. The van der Waals surface area contributed by atoms with Crippen LogP contribution < -0.4 is 5.32 Å². The molecule has 0 aliphatic heterocycles. The molecule has 25 heavy (non-hydrogen) atoms. The second-order valence-electron chi connectivity index (χ2n) is 6.01. The van der Waals surface area contributed by atoms with E-state index in [0.29, 0.717) is 17.1 Å². The zero-order valence-electron chi connectivity index (χ0n) is 14.4. The minimum atomic E-state index is -0.0960. The number of halogens is 1. The lowest BCUT2D eigenvalue weighted by Crippen LogP contribution is -2.27. The maximum absolute atomic E-state index is 12.7. The molecule has 0 saturated carbocycles. The van der Waals surface area contributed by atoms with E-state index < -0.39 is 0 Å². The van der Waals surface area contributed by atoms with Gasteiger partial charge in [0, 0.05) is 15.6 Å². The fourth-order valence-electron chi connectivity index (χ4n) is 2.85. The highest BCUT2D eigenvalue weighted by atomic mass is 35.5. The molecule has 0 radical (unpaired) electrons. The standard InChI is InChI=1S/C19H20ClN3OS/c1-12(17-9-6-10-25-17)21-19(24)18-13(2)22-23(14(18)3)11-15-7-4-5-8-16(15)20/h4-10,12H,11H2,1-3H3,(H,21,24). The largest absolute Gasteiger partial charge is 0.345 e. The Labute approximate surface area is 156 Å². The first-order valence-electron chi connectivity index (χ1n) is 8.09. The quantitative estimate of drug-likeness (QED) is 0.701. The molecule has 0 aliphatic carbocycles. The van der Waals surface area contributed by atoms with Crippen molar-refractivity contribution in [1.82, 2.24) is 15.1 Å². The summed E-state index contributed by atoms with van der Waals surface area (Å²) in [5.41, 5.74) is 3.18. The second kappa shape index (κ2) is 7.42. The highest BCUT2D eigenvalue weighted by molar-refractivity contribution is 7.10. The third-order valence-electron chi connectivity index (χ3n) is 4.20. The highest BCUT2D eigenvalue weighted by Crippen LogP contribution is 2.22. The van der Waals surface area contributed by atoms with Crippen LogP contribution in [-0.2, 0) is 6.54 Å². The second-order valence-corrected chi connectivity index (χ2v) is 7.39. The van der Waals surface area contributed by atoms with E-state index in [0.717, 1.165) is 21.8 Å². The molecule has 0 spiro atoms. The van der Waals surface area contributed by atoms with Crippen molar-refractivity contribution in [3.8, 4) is 0 Å². The van der Waals surface area contributed by atoms with Crippen LogP contribution in [0.15, 0.2) is 41.8 Å². The summed E-state index contributed by atoms with van der Waals surface area (Å²) in [5, 5.41) is 10.3. The Hall–Kier alpha value is -2.11. The number of hydrogen-bond donors (Lipinski definition) is 1. The van der Waals surface area contributed by atoms with Gasteiger partial charge in [0.25, 0.3) is 5.91 Å². The molecule has 1 N–H and O–H groups in total. The number of nitrogens with one attached hydrogen (secondary N) is 1. The summed E-state index contributed by atoms with van der Waals surface area (Å²) >= 11 is 7.88. The first kappa shape index (κ1) is 17.7. The van der Waals surface area contributed by atoms with Crippen LogP contribution in [-0.4, -0.2) is 15.7 Å². The monoisotopic (exact) mass is 373 g/mol. The van der Waals surface area contributed by atoms with Crippen LogP contribution in [0.4, 0.5) is 0 Å². The van der Waals surface area contributed by atoms with Crippen molar-refractivity contribution >= 4 is 28.8 Å². The van der Waals surface area contributed by atoms with Crippen molar-refractivity contribution in [2.45, 2.75) is 33.4 Å². The molecule has 3 aromatic rings. The van der Waals surface area contributed by atoms with E-state index in [-0.39, 0.29) is 11.9 Å². The smallest absolute Gasteiger partial charge is 0.255 e. The number of amides is 1. The first-order valence-corrected chi connectivity index (χ1v) is 9.34. The van der Waals surface area contributed by atoms with Gasteiger partial charge in [0.1, 0.15) is 0 Å². The number of nitrogens with zero attached hydrogens (tertiary/aromatic N) is 2. The Kier molecular flexibility index (Phi) is 5.25. The zero-order valence-corrected chi connectivity index (χ0v) is 16.0. The van der Waals surface area contributed by atoms with Crippen LogP contribution in [0.1, 0.15) is 45.2 Å². The Morgan fingerprint density at radius 1 is 1.28 bits per heavy atom. The number of aromatic nitrogens is 2. The summed E-state index contributed by atoms with van der Waals surface area (Å²) in [6.07, 6.45) is 0. The number of carbonyl (C=O) groups excluding carboxylic acids is 1. The fraction of sp³-hybridized carbons (Fsp3) is 0.263. The van der Waals surface area contributed by atoms with Gasteiger partial charge in [-0.25, -0.2) is 0 Å². The summed E-state index contributed by atoms with van der Waals surface area (Å²) in [5.74, 6) is -0.0960. The van der Waals surface area contributed by atoms with Gasteiger partial charge in [-0.2, -0.15) is 5.10 Å². The average Bonchev–Trinajstić information content (AvgIpc) is 3.19. The van der Waals surface area contributed by atoms with E-state index in [9.17, 15) is 4.79 Å². The number of carbonyl (C=O) groups is 1. The minimum Gasteiger partial charge on any atom is -0.345 e. The topological polar surface area (TPSA) is 46.9 Å². The summed E-state index contributed by atoms with van der Waals surface area (Å²) in [7, 11) is 0. The molecule has 4 nitrogen and oxygen atoms in total. The molecule has 6 heteroatoms. The molecule has 0 aliphatic rings. The lowest BCUT2D eigenvalue weighted by Gasteiger charge is -2.12. The molecule has 0 fully saturated rings. The lowest BCUT2D eigenvalue weighted by atomic mass is 10.1. The number of thiophene rings is 1. The van der Waals surface area contributed by atoms with Crippen LogP contribution in [0, 0.1) is 13.8 Å². The third-order valence-corrected chi connectivity index (χ3v) is 5.63. The molecule has 0 saturated heterocycles. The van der Waals surface area contributed by atoms with Gasteiger partial charge in [-0.05, 0) is 43.8 Å². The number of rotatable bonds is 5. The van der Waals surface area contributed by atoms with E-state index in [1.54, 1.807) is 11.3 Å². The van der Waals surface area contributed by atoms with Crippen LogP contribution in [0.25, 0.3) is 0 Å². The highest BCUT2D eigenvalue weighted by Gasteiger charge is 2.21. The molecule has 3 rings (SSSR count). The maximum Gasteiger partial charge on any atom is 0.255 e. The molecular formula is C19H20ClN3OS. The summed E-state index contributed by atoms with van der Waals surface area (Å²) in [4.78, 5) is 13.9. The molecule has 1 aromatic carbocycles. The summed E-state index contributed by atoms with van der Waals surface area (Å²) in [6.45, 7) is 6.31.